The highest BCUT2D eigenvalue weighted by Crippen LogP contribution is 2.20. The molecule has 1 N–H and O–H groups in total. The van der Waals surface area contributed by atoms with E-state index < -0.39 is 0 Å². The van der Waals surface area contributed by atoms with Crippen LogP contribution in [0.15, 0.2) is 42.5 Å². The van der Waals surface area contributed by atoms with Crippen LogP contribution in [0, 0.1) is 5.92 Å². The molecule has 5 nitrogen and oxygen atoms in total. The van der Waals surface area contributed by atoms with E-state index in [2.05, 4.69) is 34.5 Å². The van der Waals surface area contributed by atoms with Crippen molar-refractivity contribution >= 4 is 17.5 Å². The largest absolute Gasteiger partial charge is 0.368 e. The van der Waals surface area contributed by atoms with Crippen LogP contribution in [0.4, 0.5) is 5.69 Å². The van der Waals surface area contributed by atoms with Crippen LogP contribution in [0.5, 0.6) is 0 Å². The molecular formula is C19H25N3O2. The molecule has 128 valence electrons. The molecule has 0 bridgehead atoms. The van der Waals surface area contributed by atoms with Gasteiger partial charge in [0.1, 0.15) is 0 Å². The van der Waals surface area contributed by atoms with Gasteiger partial charge in [0.15, 0.2) is 0 Å². The lowest BCUT2D eigenvalue weighted by atomic mass is 10.1. The zero-order valence-electron chi connectivity index (χ0n) is 14.0. The Morgan fingerprint density at radius 2 is 1.83 bits per heavy atom. The van der Waals surface area contributed by atoms with Gasteiger partial charge in [-0.1, -0.05) is 30.4 Å². The second kappa shape index (κ2) is 7.99. The van der Waals surface area contributed by atoms with Crippen molar-refractivity contribution < 1.29 is 9.59 Å². The summed E-state index contributed by atoms with van der Waals surface area (Å²) in [5.74, 6) is 0.329. The molecule has 1 heterocycles. The molecule has 0 spiro atoms. The number of carbonyl (C=O) groups is 2. The summed E-state index contributed by atoms with van der Waals surface area (Å²) in [6.07, 6.45) is 6.82. The lowest BCUT2D eigenvalue weighted by Crippen LogP contribution is -2.51. The highest BCUT2D eigenvalue weighted by molar-refractivity contribution is 5.85. The number of amides is 2. The number of nitrogens with zero attached hydrogens (tertiary/aromatic N) is 2. The van der Waals surface area contributed by atoms with Crippen molar-refractivity contribution in [3.63, 3.8) is 0 Å². The van der Waals surface area contributed by atoms with Crippen molar-refractivity contribution in [1.29, 1.82) is 0 Å². The highest BCUT2D eigenvalue weighted by atomic mass is 16.2. The number of hydrogen-bond acceptors (Lipinski definition) is 3. The number of para-hydroxylation sites is 1. The second-order valence-electron chi connectivity index (χ2n) is 6.45. The molecule has 1 aromatic rings. The smallest absolute Gasteiger partial charge is 0.242 e. The number of benzene rings is 1. The van der Waals surface area contributed by atoms with Gasteiger partial charge in [0, 0.05) is 38.3 Å². The Labute approximate surface area is 143 Å². The van der Waals surface area contributed by atoms with Gasteiger partial charge in [0.05, 0.1) is 6.54 Å². The van der Waals surface area contributed by atoms with Gasteiger partial charge in [-0.15, -0.1) is 0 Å². The minimum atomic E-state index is -0.0252. The Morgan fingerprint density at radius 3 is 2.50 bits per heavy atom. The molecule has 1 saturated heterocycles. The van der Waals surface area contributed by atoms with Gasteiger partial charge in [-0.25, -0.2) is 0 Å². The number of allylic oxidation sites excluding steroid dienone is 2. The monoisotopic (exact) mass is 327 g/mol. The van der Waals surface area contributed by atoms with Gasteiger partial charge >= 0.3 is 0 Å². The molecule has 2 aliphatic rings. The van der Waals surface area contributed by atoms with E-state index >= 15 is 0 Å². The number of rotatable bonds is 5. The topological polar surface area (TPSA) is 52.7 Å². The van der Waals surface area contributed by atoms with Gasteiger partial charge in [0.2, 0.25) is 11.8 Å². The average Bonchev–Trinajstić information content (AvgIpc) is 3.13. The van der Waals surface area contributed by atoms with Crippen LogP contribution in [0.25, 0.3) is 0 Å². The number of nitrogens with one attached hydrogen (secondary N) is 1. The average molecular weight is 327 g/mol. The summed E-state index contributed by atoms with van der Waals surface area (Å²) in [5.41, 5.74) is 1.20. The van der Waals surface area contributed by atoms with E-state index in [9.17, 15) is 9.59 Å². The maximum atomic E-state index is 12.3. The summed E-state index contributed by atoms with van der Waals surface area (Å²) in [4.78, 5) is 28.3. The van der Waals surface area contributed by atoms with Crippen molar-refractivity contribution in [2.45, 2.75) is 19.3 Å². The van der Waals surface area contributed by atoms with Crippen molar-refractivity contribution in [3.8, 4) is 0 Å². The lowest BCUT2D eigenvalue weighted by molar-refractivity contribution is -0.133. The van der Waals surface area contributed by atoms with Crippen molar-refractivity contribution in [2.24, 2.45) is 5.92 Å². The van der Waals surface area contributed by atoms with Gasteiger partial charge in [-0.05, 0) is 30.9 Å². The van der Waals surface area contributed by atoms with Crippen LogP contribution >= 0.6 is 0 Å². The molecule has 0 aromatic heterocycles. The van der Waals surface area contributed by atoms with E-state index in [0.29, 0.717) is 25.4 Å². The molecule has 1 aliphatic heterocycles. The Morgan fingerprint density at radius 1 is 1.08 bits per heavy atom. The third-order valence-electron chi connectivity index (χ3n) is 4.75. The SMILES string of the molecule is O=C(C[C@H]1C=CCC1)NCC(=O)N1CCN(c2ccccc2)CC1. The van der Waals surface area contributed by atoms with E-state index in [4.69, 9.17) is 0 Å². The maximum absolute atomic E-state index is 12.3. The predicted molar refractivity (Wildman–Crippen MR) is 94.7 cm³/mol. The van der Waals surface area contributed by atoms with E-state index in [-0.39, 0.29) is 18.4 Å². The lowest BCUT2D eigenvalue weighted by Gasteiger charge is -2.36. The summed E-state index contributed by atoms with van der Waals surface area (Å²) >= 11 is 0. The Kier molecular flexibility index (Phi) is 5.51. The van der Waals surface area contributed by atoms with E-state index in [1.807, 2.05) is 23.1 Å². The minimum absolute atomic E-state index is 0.0121. The zero-order chi connectivity index (χ0) is 16.8. The van der Waals surface area contributed by atoms with Crippen molar-refractivity contribution in [3.05, 3.63) is 42.5 Å². The summed E-state index contributed by atoms with van der Waals surface area (Å²) < 4.78 is 0. The number of hydrogen-bond donors (Lipinski definition) is 1. The van der Waals surface area contributed by atoms with Gasteiger partial charge < -0.3 is 15.1 Å². The number of piperazine rings is 1. The van der Waals surface area contributed by atoms with Crippen LogP contribution in [0.3, 0.4) is 0 Å². The first-order valence-corrected chi connectivity index (χ1v) is 8.73. The van der Waals surface area contributed by atoms with Crippen LogP contribution in [0.1, 0.15) is 19.3 Å². The number of anilines is 1. The second-order valence-corrected chi connectivity index (χ2v) is 6.45. The van der Waals surface area contributed by atoms with E-state index in [1.54, 1.807) is 0 Å². The van der Waals surface area contributed by atoms with E-state index in [0.717, 1.165) is 25.9 Å². The van der Waals surface area contributed by atoms with Gasteiger partial charge in [0.25, 0.3) is 0 Å². The first kappa shape index (κ1) is 16.6. The summed E-state index contributed by atoms with van der Waals surface area (Å²) in [6.45, 7) is 3.18. The standard InChI is InChI=1S/C19H25N3O2/c23-18(14-16-6-4-5-7-16)20-15-19(24)22-12-10-21(11-13-22)17-8-2-1-3-9-17/h1-4,6,8-9,16H,5,7,10-15H2,(H,20,23)/t16-/m0/s1. The van der Waals surface area contributed by atoms with E-state index in [1.165, 1.54) is 5.69 Å². The normalized spacial score (nSPS) is 20.2. The minimum Gasteiger partial charge on any atom is -0.368 e. The molecule has 1 aromatic carbocycles. The summed E-state index contributed by atoms with van der Waals surface area (Å²) in [6, 6.07) is 10.3. The highest BCUT2D eigenvalue weighted by Gasteiger charge is 2.22. The van der Waals surface area contributed by atoms with Crippen LogP contribution < -0.4 is 10.2 Å². The molecule has 2 amide bonds. The summed E-state index contributed by atoms with van der Waals surface area (Å²) in [5, 5.41) is 2.77. The fourth-order valence-corrected chi connectivity index (χ4v) is 3.31. The zero-order valence-corrected chi connectivity index (χ0v) is 14.0. The molecule has 1 fully saturated rings. The summed E-state index contributed by atoms with van der Waals surface area (Å²) in [7, 11) is 0. The first-order chi connectivity index (χ1) is 11.7. The predicted octanol–water partition coefficient (Wildman–Crippen LogP) is 1.81. The number of carbonyl (C=O) groups excluding carboxylic acids is 2. The molecule has 5 heteroatoms. The maximum Gasteiger partial charge on any atom is 0.242 e. The fourth-order valence-electron chi connectivity index (χ4n) is 3.31. The molecule has 0 saturated carbocycles. The Hall–Kier alpha value is -2.30. The molecule has 0 radical (unpaired) electrons. The molecule has 0 unspecified atom stereocenters. The van der Waals surface area contributed by atoms with Crippen LogP contribution in [0.2, 0.25) is 0 Å². The molecule has 3 rings (SSSR count). The molecule has 1 atom stereocenters. The Balaban J connectivity index is 1.39. The quantitative estimate of drug-likeness (QED) is 0.839. The third-order valence-corrected chi connectivity index (χ3v) is 4.75. The third kappa shape index (κ3) is 4.37. The fraction of sp³-hybridized carbons (Fsp3) is 0.474. The van der Waals surface area contributed by atoms with Crippen molar-refractivity contribution in [2.75, 3.05) is 37.6 Å². The first-order valence-electron chi connectivity index (χ1n) is 8.73. The van der Waals surface area contributed by atoms with Crippen LogP contribution in [-0.4, -0.2) is 49.4 Å². The molecule has 1 aliphatic carbocycles. The van der Waals surface area contributed by atoms with Crippen molar-refractivity contribution in [1.82, 2.24) is 10.2 Å². The van der Waals surface area contributed by atoms with Gasteiger partial charge in [-0.2, -0.15) is 0 Å². The van der Waals surface area contributed by atoms with Gasteiger partial charge in [-0.3, -0.25) is 9.59 Å². The molecular weight excluding hydrogens is 302 g/mol. The molecule has 24 heavy (non-hydrogen) atoms. The van der Waals surface area contributed by atoms with Crippen LogP contribution in [-0.2, 0) is 9.59 Å². The Bertz CT molecular complexity index is 592.